The van der Waals surface area contributed by atoms with Crippen LogP contribution in [0.1, 0.15) is 18.9 Å². The highest BCUT2D eigenvalue weighted by Gasteiger charge is 2.55. The highest BCUT2D eigenvalue weighted by atomic mass is 32.2. The number of rotatable bonds is 8. The molecule has 3 amide bonds. The SMILES string of the molecule is C=CCNC(=O)C1N(C(=O)[C@@H](O)CCc2ccccc2)CS[C@@]1(C)C(N)=O. The molecule has 0 saturated carbocycles. The number of benzene rings is 1. The molecule has 1 aliphatic rings. The van der Waals surface area contributed by atoms with Gasteiger partial charge in [0.25, 0.3) is 5.91 Å². The van der Waals surface area contributed by atoms with Gasteiger partial charge in [-0.2, -0.15) is 0 Å². The average Bonchev–Trinajstić information content (AvgIpc) is 3.03. The minimum absolute atomic E-state index is 0.104. The standard InChI is InChI=1S/C19H25N3O4S/c1-3-11-21-16(24)15-19(2,18(20)26)27-12-22(15)17(25)14(23)10-9-13-7-5-4-6-8-13/h3-8,14-15,23H,1,9-12H2,2H3,(H2,20,26)(H,21,24)/t14-,15?,19+/m0/s1. The van der Waals surface area contributed by atoms with Crippen LogP contribution in [-0.4, -0.2) is 57.0 Å². The van der Waals surface area contributed by atoms with E-state index in [2.05, 4.69) is 11.9 Å². The van der Waals surface area contributed by atoms with Crippen LogP contribution in [0, 0.1) is 0 Å². The second-order valence-electron chi connectivity index (χ2n) is 6.53. The molecule has 8 heteroatoms. The Morgan fingerprint density at radius 3 is 2.70 bits per heavy atom. The van der Waals surface area contributed by atoms with Gasteiger partial charge in [0.05, 0.1) is 5.88 Å². The topological polar surface area (TPSA) is 113 Å². The molecule has 7 nitrogen and oxygen atoms in total. The molecule has 1 unspecified atom stereocenters. The van der Waals surface area contributed by atoms with E-state index in [-0.39, 0.29) is 18.8 Å². The number of nitrogens with two attached hydrogens (primary N) is 1. The molecule has 0 bridgehead atoms. The number of aliphatic hydroxyl groups excluding tert-OH is 1. The summed E-state index contributed by atoms with van der Waals surface area (Å²) in [5.41, 5.74) is 6.50. The molecule has 0 aliphatic carbocycles. The van der Waals surface area contributed by atoms with Crippen molar-refractivity contribution in [3.05, 3.63) is 48.6 Å². The van der Waals surface area contributed by atoms with E-state index in [0.717, 1.165) is 17.3 Å². The van der Waals surface area contributed by atoms with Gasteiger partial charge in [0.1, 0.15) is 16.9 Å². The number of amides is 3. The first-order valence-electron chi connectivity index (χ1n) is 8.66. The average molecular weight is 391 g/mol. The number of nitrogens with one attached hydrogen (secondary N) is 1. The number of aliphatic hydroxyl groups is 1. The molecule has 0 radical (unpaired) electrons. The molecule has 1 aromatic carbocycles. The number of nitrogens with zero attached hydrogens (tertiary/aromatic N) is 1. The number of primary amides is 1. The highest BCUT2D eigenvalue weighted by molar-refractivity contribution is 8.01. The summed E-state index contributed by atoms with van der Waals surface area (Å²) in [6, 6.07) is 8.41. The van der Waals surface area contributed by atoms with Crippen LogP contribution >= 0.6 is 11.8 Å². The first-order valence-corrected chi connectivity index (χ1v) is 9.64. The first kappa shape index (κ1) is 21.0. The minimum Gasteiger partial charge on any atom is -0.383 e. The van der Waals surface area contributed by atoms with Crippen molar-refractivity contribution in [1.82, 2.24) is 10.2 Å². The van der Waals surface area contributed by atoms with Crippen LogP contribution in [0.15, 0.2) is 43.0 Å². The Labute approximate surface area is 163 Å². The largest absolute Gasteiger partial charge is 0.383 e. The van der Waals surface area contributed by atoms with Gasteiger partial charge >= 0.3 is 0 Å². The fourth-order valence-corrected chi connectivity index (χ4v) is 4.19. The third-order valence-electron chi connectivity index (χ3n) is 4.61. The Morgan fingerprint density at radius 1 is 1.44 bits per heavy atom. The lowest BCUT2D eigenvalue weighted by atomic mass is 9.97. The predicted molar refractivity (Wildman–Crippen MR) is 105 cm³/mol. The second-order valence-corrected chi connectivity index (χ2v) is 7.92. The number of aryl methyl sites for hydroxylation is 1. The van der Waals surface area contributed by atoms with Crippen molar-refractivity contribution < 1.29 is 19.5 Å². The molecule has 0 spiro atoms. The number of carbonyl (C=O) groups excluding carboxylic acids is 3. The van der Waals surface area contributed by atoms with Crippen LogP contribution in [0.5, 0.6) is 0 Å². The molecule has 146 valence electrons. The summed E-state index contributed by atoms with van der Waals surface area (Å²) in [5.74, 6) is -1.65. The van der Waals surface area contributed by atoms with Crippen molar-refractivity contribution in [1.29, 1.82) is 0 Å². The smallest absolute Gasteiger partial charge is 0.252 e. The Hall–Kier alpha value is -2.32. The van der Waals surface area contributed by atoms with Crippen molar-refractivity contribution in [2.75, 3.05) is 12.4 Å². The van der Waals surface area contributed by atoms with Gasteiger partial charge in [0.15, 0.2) is 0 Å². The van der Waals surface area contributed by atoms with Gasteiger partial charge in [-0.15, -0.1) is 18.3 Å². The Morgan fingerprint density at radius 2 is 2.11 bits per heavy atom. The van der Waals surface area contributed by atoms with Crippen LogP contribution < -0.4 is 11.1 Å². The first-order chi connectivity index (χ1) is 12.8. The lowest BCUT2D eigenvalue weighted by Crippen LogP contribution is -2.59. The Balaban J connectivity index is 2.13. The normalized spacial score (nSPS) is 22.9. The van der Waals surface area contributed by atoms with E-state index in [1.165, 1.54) is 11.0 Å². The molecule has 1 aromatic rings. The molecule has 1 aliphatic heterocycles. The third kappa shape index (κ3) is 4.70. The Kier molecular flexibility index (Phi) is 7.04. The van der Waals surface area contributed by atoms with Crippen LogP contribution in [-0.2, 0) is 20.8 Å². The summed E-state index contributed by atoms with van der Waals surface area (Å²) in [7, 11) is 0. The van der Waals surface area contributed by atoms with Crippen LogP contribution in [0.25, 0.3) is 0 Å². The van der Waals surface area contributed by atoms with Crippen LogP contribution in [0.4, 0.5) is 0 Å². The number of thioether (sulfide) groups is 1. The van der Waals surface area contributed by atoms with E-state index >= 15 is 0 Å². The lowest BCUT2D eigenvalue weighted by Gasteiger charge is -2.31. The maximum absolute atomic E-state index is 12.8. The van der Waals surface area contributed by atoms with E-state index in [1.807, 2.05) is 30.3 Å². The van der Waals surface area contributed by atoms with E-state index in [0.29, 0.717) is 6.42 Å². The van der Waals surface area contributed by atoms with Gasteiger partial charge in [0.2, 0.25) is 11.8 Å². The molecule has 1 saturated heterocycles. The zero-order valence-corrected chi connectivity index (χ0v) is 16.1. The van der Waals surface area contributed by atoms with Gasteiger partial charge < -0.3 is 21.1 Å². The molecular formula is C19H25N3O4S. The molecular weight excluding hydrogens is 366 g/mol. The summed E-state index contributed by atoms with van der Waals surface area (Å²) < 4.78 is -1.26. The monoisotopic (exact) mass is 391 g/mol. The van der Waals surface area contributed by atoms with Gasteiger partial charge in [-0.3, -0.25) is 14.4 Å². The van der Waals surface area contributed by atoms with E-state index in [1.54, 1.807) is 6.92 Å². The second kappa shape index (κ2) is 9.05. The zero-order chi connectivity index (χ0) is 20.0. The maximum atomic E-state index is 12.8. The number of carbonyl (C=O) groups is 3. The van der Waals surface area contributed by atoms with Gasteiger partial charge in [-0.05, 0) is 25.3 Å². The van der Waals surface area contributed by atoms with Gasteiger partial charge in [0, 0.05) is 6.54 Å². The Bertz CT molecular complexity index is 712. The van der Waals surface area contributed by atoms with Gasteiger partial charge in [-0.25, -0.2) is 0 Å². The minimum atomic E-state index is -1.27. The van der Waals surface area contributed by atoms with Crippen molar-refractivity contribution in [2.24, 2.45) is 5.73 Å². The summed E-state index contributed by atoms with van der Waals surface area (Å²) in [6.07, 6.45) is 0.978. The summed E-state index contributed by atoms with van der Waals surface area (Å²) in [5, 5.41) is 13.0. The molecule has 4 N–H and O–H groups in total. The highest BCUT2D eigenvalue weighted by Crippen LogP contribution is 2.40. The number of hydrogen-bond donors (Lipinski definition) is 3. The lowest BCUT2D eigenvalue weighted by molar-refractivity contribution is -0.147. The van der Waals surface area contributed by atoms with Crippen LogP contribution in [0.3, 0.4) is 0 Å². The molecule has 0 aromatic heterocycles. The predicted octanol–water partition coefficient (Wildman–Crippen LogP) is 0.428. The summed E-state index contributed by atoms with van der Waals surface area (Å²) in [4.78, 5) is 38.6. The molecule has 3 atom stereocenters. The molecule has 2 rings (SSSR count). The molecule has 1 heterocycles. The van der Waals surface area contributed by atoms with Crippen molar-refractivity contribution in [3.8, 4) is 0 Å². The maximum Gasteiger partial charge on any atom is 0.252 e. The summed E-state index contributed by atoms with van der Waals surface area (Å²) in [6.45, 7) is 5.28. The van der Waals surface area contributed by atoms with Crippen molar-refractivity contribution in [2.45, 2.75) is 36.7 Å². The van der Waals surface area contributed by atoms with Crippen molar-refractivity contribution in [3.63, 3.8) is 0 Å². The molecule has 1 fully saturated rings. The van der Waals surface area contributed by atoms with Crippen molar-refractivity contribution >= 4 is 29.5 Å². The van der Waals surface area contributed by atoms with Gasteiger partial charge in [-0.1, -0.05) is 36.4 Å². The number of hydrogen-bond acceptors (Lipinski definition) is 5. The summed E-state index contributed by atoms with van der Waals surface area (Å²) >= 11 is 1.12. The van der Waals surface area contributed by atoms with E-state index in [4.69, 9.17) is 5.73 Å². The molecule has 27 heavy (non-hydrogen) atoms. The third-order valence-corrected chi connectivity index (χ3v) is 6.04. The van der Waals surface area contributed by atoms with Crippen LogP contribution in [0.2, 0.25) is 0 Å². The fourth-order valence-electron chi connectivity index (χ4n) is 2.98. The van der Waals surface area contributed by atoms with E-state index in [9.17, 15) is 19.5 Å². The zero-order valence-electron chi connectivity index (χ0n) is 15.3. The van der Waals surface area contributed by atoms with E-state index < -0.39 is 34.6 Å². The quantitative estimate of drug-likeness (QED) is 0.556. The fraction of sp³-hybridized carbons (Fsp3) is 0.421.